The predicted octanol–water partition coefficient (Wildman–Crippen LogP) is 1.62. The molecule has 3 nitrogen and oxygen atoms in total. The van der Waals surface area contributed by atoms with Gasteiger partial charge in [-0.15, -0.1) is 11.3 Å². The molecule has 1 aromatic heterocycles. The Balaban J connectivity index is 2.46. The van der Waals surface area contributed by atoms with E-state index >= 15 is 0 Å². The van der Waals surface area contributed by atoms with E-state index < -0.39 is 14.7 Å². The van der Waals surface area contributed by atoms with Crippen LogP contribution in [0.1, 0.15) is 12.8 Å². The molecule has 72 valence electrons. The highest BCUT2D eigenvalue weighted by atomic mass is 35.5. The highest BCUT2D eigenvalue weighted by molar-refractivity contribution is 7.95. The van der Waals surface area contributed by atoms with Crippen LogP contribution in [0.5, 0.6) is 0 Å². The number of thiophene rings is 1. The van der Waals surface area contributed by atoms with Gasteiger partial charge in [0, 0.05) is 0 Å². The van der Waals surface area contributed by atoms with Crippen molar-refractivity contribution in [2.75, 3.05) is 0 Å². The normalized spacial score (nSPS) is 20.2. The number of hydrogen-bond donors (Lipinski definition) is 1. The number of nitrogens with two attached hydrogens (primary N) is 1. The zero-order valence-corrected chi connectivity index (χ0v) is 9.05. The molecule has 0 aromatic carbocycles. The Hall–Kier alpha value is -0.100. The number of hydrogen-bond acceptors (Lipinski definition) is 4. The largest absolute Gasteiger partial charge is 0.312 e. The van der Waals surface area contributed by atoms with Gasteiger partial charge >= 0.3 is 0 Å². The molecule has 0 radical (unpaired) electrons. The zero-order chi connectivity index (χ0) is 9.69. The highest BCUT2D eigenvalue weighted by Gasteiger charge is 2.52. The second-order valence-corrected chi connectivity index (χ2v) is 7.36. The molecule has 2 rings (SSSR count). The highest BCUT2D eigenvalue weighted by Crippen LogP contribution is 2.43. The lowest BCUT2D eigenvalue weighted by molar-refractivity contribution is 0.581. The summed E-state index contributed by atoms with van der Waals surface area (Å²) in [6.07, 6.45) is 1.09. The first kappa shape index (κ1) is 9.45. The van der Waals surface area contributed by atoms with E-state index in [4.69, 9.17) is 17.3 Å². The molecule has 0 amide bonds. The Morgan fingerprint density at radius 3 is 2.46 bits per heavy atom. The van der Waals surface area contributed by atoms with Gasteiger partial charge in [-0.2, -0.15) is 0 Å². The van der Waals surface area contributed by atoms with Gasteiger partial charge in [-0.3, -0.25) is 0 Å². The fourth-order valence-corrected chi connectivity index (χ4v) is 4.44. The molecule has 6 heteroatoms. The third-order valence-corrected chi connectivity index (χ3v) is 6.17. The van der Waals surface area contributed by atoms with Gasteiger partial charge in [0.15, 0.2) is 0 Å². The van der Waals surface area contributed by atoms with E-state index in [-0.39, 0.29) is 4.21 Å². The first-order chi connectivity index (χ1) is 5.96. The van der Waals surface area contributed by atoms with Gasteiger partial charge in [-0.1, -0.05) is 11.6 Å². The lowest BCUT2D eigenvalue weighted by atomic mass is 10.7. The molecule has 13 heavy (non-hydrogen) atoms. The first-order valence-electron chi connectivity index (χ1n) is 3.75. The van der Waals surface area contributed by atoms with Crippen LogP contribution in [0.15, 0.2) is 16.3 Å². The molecule has 1 aliphatic carbocycles. The summed E-state index contributed by atoms with van der Waals surface area (Å²) in [4.78, 5) is -1.01. The van der Waals surface area contributed by atoms with Crippen LogP contribution in [0.4, 0.5) is 0 Å². The SMILES string of the molecule is NC1(S(=O)(=O)c2ccc(Cl)s2)CC1. The van der Waals surface area contributed by atoms with Crippen molar-refractivity contribution in [1.82, 2.24) is 0 Å². The monoisotopic (exact) mass is 237 g/mol. The Bertz CT molecular complexity index is 433. The maximum atomic E-state index is 11.8. The fraction of sp³-hybridized carbons (Fsp3) is 0.429. The van der Waals surface area contributed by atoms with E-state index in [9.17, 15) is 8.42 Å². The van der Waals surface area contributed by atoms with Gasteiger partial charge < -0.3 is 5.73 Å². The van der Waals surface area contributed by atoms with Crippen molar-refractivity contribution in [1.29, 1.82) is 0 Å². The molecule has 0 atom stereocenters. The summed E-state index contributed by atoms with van der Waals surface area (Å²) in [6, 6.07) is 3.08. The Morgan fingerprint density at radius 1 is 1.46 bits per heavy atom. The van der Waals surface area contributed by atoms with Crippen LogP contribution in [-0.2, 0) is 9.84 Å². The minimum atomic E-state index is -3.33. The Kier molecular flexibility index (Phi) is 1.96. The summed E-state index contributed by atoms with van der Waals surface area (Å²) in [5.41, 5.74) is 5.64. The summed E-state index contributed by atoms with van der Waals surface area (Å²) in [6.45, 7) is 0. The van der Waals surface area contributed by atoms with Gasteiger partial charge in [0.2, 0.25) is 9.84 Å². The molecular formula is C7H8ClNO2S2. The Morgan fingerprint density at radius 2 is 2.08 bits per heavy atom. The zero-order valence-electron chi connectivity index (χ0n) is 6.66. The quantitative estimate of drug-likeness (QED) is 0.851. The van der Waals surface area contributed by atoms with Crippen molar-refractivity contribution in [3.63, 3.8) is 0 Å². The average molecular weight is 238 g/mol. The molecule has 1 saturated carbocycles. The predicted molar refractivity (Wildman–Crippen MR) is 52.7 cm³/mol. The fourth-order valence-electron chi connectivity index (χ4n) is 1.03. The van der Waals surface area contributed by atoms with Crippen LogP contribution in [0, 0.1) is 0 Å². The minimum absolute atomic E-state index is 0.275. The summed E-state index contributed by atoms with van der Waals surface area (Å²) < 4.78 is 24.3. The second kappa shape index (κ2) is 2.70. The molecule has 0 aliphatic heterocycles. The molecule has 0 spiro atoms. The maximum Gasteiger partial charge on any atom is 0.206 e. The van der Waals surface area contributed by atoms with Crippen LogP contribution in [0.3, 0.4) is 0 Å². The summed E-state index contributed by atoms with van der Waals surface area (Å²) >= 11 is 6.71. The first-order valence-corrected chi connectivity index (χ1v) is 6.42. The standard InChI is InChI=1S/C7H8ClNO2S2/c8-5-1-2-6(12-5)13(10,11)7(9)3-4-7/h1-2H,3-4,9H2. The van der Waals surface area contributed by atoms with E-state index in [0.29, 0.717) is 17.2 Å². The average Bonchev–Trinajstić information content (AvgIpc) is 2.63. The van der Waals surface area contributed by atoms with E-state index in [2.05, 4.69) is 0 Å². The van der Waals surface area contributed by atoms with Gasteiger partial charge in [-0.05, 0) is 25.0 Å². The summed E-state index contributed by atoms with van der Waals surface area (Å²) in [7, 11) is -3.33. The van der Waals surface area contributed by atoms with Crippen molar-refractivity contribution in [2.45, 2.75) is 21.9 Å². The number of rotatable bonds is 2. The van der Waals surface area contributed by atoms with E-state index in [0.717, 1.165) is 11.3 Å². The second-order valence-electron chi connectivity index (χ2n) is 3.13. The molecule has 0 saturated heterocycles. The number of halogens is 1. The van der Waals surface area contributed by atoms with Crippen molar-refractivity contribution in [3.05, 3.63) is 16.5 Å². The van der Waals surface area contributed by atoms with Crippen LogP contribution < -0.4 is 5.73 Å². The summed E-state index contributed by atoms with van der Waals surface area (Å²) in [5, 5.41) is 0. The third-order valence-electron chi connectivity index (χ3n) is 2.09. The molecule has 0 bridgehead atoms. The third kappa shape index (κ3) is 1.40. The van der Waals surface area contributed by atoms with Gasteiger partial charge in [0.25, 0.3) is 0 Å². The molecule has 2 N–H and O–H groups in total. The van der Waals surface area contributed by atoms with E-state index in [1.54, 1.807) is 6.07 Å². The topological polar surface area (TPSA) is 60.2 Å². The van der Waals surface area contributed by atoms with Crippen LogP contribution in [-0.4, -0.2) is 13.3 Å². The van der Waals surface area contributed by atoms with Gasteiger partial charge in [0.05, 0.1) is 4.34 Å². The van der Waals surface area contributed by atoms with Crippen molar-refractivity contribution < 1.29 is 8.42 Å². The number of sulfone groups is 1. The van der Waals surface area contributed by atoms with Crippen LogP contribution in [0.2, 0.25) is 4.34 Å². The van der Waals surface area contributed by atoms with Gasteiger partial charge in [-0.25, -0.2) is 8.42 Å². The van der Waals surface area contributed by atoms with Crippen LogP contribution in [0.25, 0.3) is 0 Å². The van der Waals surface area contributed by atoms with E-state index in [1.165, 1.54) is 6.07 Å². The van der Waals surface area contributed by atoms with Crippen molar-refractivity contribution in [2.24, 2.45) is 5.73 Å². The van der Waals surface area contributed by atoms with Crippen molar-refractivity contribution in [3.8, 4) is 0 Å². The van der Waals surface area contributed by atoms with Crippen molar-refractivity contribution >= 4 is 32.8 Å². The molecule has 1 heterocycles. The molecule has 1 fully saturated rings. The lowest BCUT2D eigenvalue weighted by Crippen LogP contribution is -2.32. The molecule has 1 aliphatic rings. The van der Waals surface area contributed by atoms with Gasteiger partial charge in [0.1, 0.15) is 9.08 Å². The molecule has 1 aromatic rings. The van der Waals surface area contributed by atoms with E-state index in [1.807, 2.05) is 0 Å². The maximum absolute atomic E-state index is 11.8. The molecule has 0 unspecified atom stereocenters. The Labute approximate surface area is 85.4 Å². The van der Waals surface area contributed by atoms with Crippen LogP contribution >= 0.6 is 22.9 Å². The molecular weight excluding hydrogens is 230 g/mol. The lowest BCUT2D eigenvalue weighted by Gasteiger charge is -2.07. The summed E-state index contributed by atoms with van der Waals surface area (Å²) in [5.74, 6) is 0. The minimum Gasteiger partial charge on any atom is -0.312 e. The smallest absolute Gasteiger partial charge is 0.206 e.